The summed E-state index contributed by atoms with van der Waals surface area (Å²) < 4.78 is 6.55. The molecule has 0 amide bonds. The number of benzene rings is 1. The van der Waals surface area contributed by atoms with Crippen LogP contribution in [0.3, 0.4) is 0 Å². The second kappa shape index (κ2) is 6.10. The van der Waals surface area contributed by atoms with Gasteiger partial charge in [0.15, 0.2) is 4.47 Å². The van der Waals surface area contributed by atoms with Gasteiger partial charge in [0.25, 0.3) is 0 Å². The van der Waals surface area contributed by atoms with Crippen LogP contribution in [0.2, 0.25) is 9.49 Å². The zero-order valence-corrected chi connectivity index (χ0v) is 13.3. The van der Waals surface area contributed by atoms with E-state index in [1.54, 1.807) is 25.4 Å². The van der Waals surface area contributed by atoms with Crippen LogP contribution in [-0.2, 0) is 6.54 Å². The molecule has 0 radical (unpaired) electrons. The lowest BCUT2D eigenvalue weighted by atomic mass is 10.3. The van der Waals surface area contributed by atoms with Crippen molar-refractivity contribution < 1.29 is 4.74 Å². The van der Waals surface area contributed by atoms with Crippen molar-refractivity contribution in [3.8, 4) is 5.75 Å². The molecule has 0 fully saturated rings. The maximum Gasteiger partial charge on any atom is 0.183 e. The van der Waals surface area contributed by atoms with E-state index >= 15 is 0 Å². The number of hydrogen-bond donors (Lipinski definition) is 1. The maximum absolute atomic E-state index is 6.14. The van der Waals surface area contributed by atoms with E-state index < -0.39 is 0 Å². The number of hydrogen-bond acceptors (Lipinski definition) is 4. The summed E-state index contributed by atoms with van der Waals surface area (Å²) in [5.74, 6) is 0.726. The lowest BCUT2D eigenvalue weighted by Crippen LogP contribution is -2.00. The monoisotopic (exact) mass is 366 g/mol. The number of nitrogens with one attached hydrogen (secondary N) is 1. The Morgan fingerprint density at radius 3 is 2.83 bits per heavy atom. The Labute approximate surface area is 127 Å². The molecule has 0 unspecified atom stereocenters. The Bertz CT molecular complexity index is 562. The molecule has 3 nitrogen and oxygen atoms in total. The number of thiazole rings is 1. The third-order valence-electron chi connectivity index (χ3n) is 2.24. The summed E-state index contributed by atoms with van der Waals surface area (Å²) in [6.45, 7) is 0.607. The van der Waals surface area contributed by atoms with E-state index in [1.165, 1.54) is 11.3 Å². The molecule has 1 aromatic carbocycles. The van der Waals surface area contributed by atoms with Gasteiger partial charge in [0, 0.05) is 11.1 Å². The first-order valence-electron chi connectivity index (χ1n) is 4.98. The lowest BCUT2D eigenvalue weighted by molar-refractivity contribution is 0.412. The summed E-state index contributed by atoms with van der Waals surface area (Å²) in [6.07, 6.45) is 1.74. The molecule has 0 spiro atoms. The van der Waals surface area contributed by atoms with Crippen molar-refractivity contribution in [3.05, 3.63) is 37.2 Å². The maximum atomic E-state index is 6.14. The minimum atomic E-state index is 0.530. The molecule has 0 aliphatic heterocycles. The average molecular weight is 368 g/mol. The zero-order valence-electron chi connectivity index (χ0n) is 9.34. The predicted molar refractivity (Wildman–Crippen MR) is 80.2 cm³/mol. The van der Waals surface area contributed by atoms with Crippen LogP contribution in [-0.4, -0.2) is 12.1 Å². The van der Waals surface area contributed by atoms with E-state index in [9.17, 15) is 0 Å². The van der Waals surface area contributed by atoms with E-state index in [-0.39, 0.29) is 0 Å². The van der Waals surface area contributed by atoms with E-state index in [2.05, 4.69) is 26.2 Å². The molecule has 7 heteroatoms. The molecule has 96 valence electrons. The van der Waals surface area contributed by atoms with E-state index in [1.807, 2.05) is 0 Å². The van der Waals surface area contributed by atoms with Gasteiger partial charge in [-0.05, 0) is 28.1 Å². The minimum absolute atomic E-state index is 0.530. The summed E-state index contributed by atoms with van der Waals surface area (Å²) in [4.78, 5) is 5.02. The standard InChI is InChI=1S/C11H9BrCl2N2OS/c1-17-8-3-2-7(13)10(9(8)12)15-4-6-5-16-11(14)18-6/h2-3,5,15H,4H2,1H3. The van der Waals surface area contributed by atoms with Gasteiger partial charge >= 0.3 is 0 Å². The van der Waals surface area contributed by atoms with E-state index in [0.717, 1.165) is 20.8 Å². The van der Waals surface area contributed by atoms with E-state index in [4.69, 9.17) is 27.9 Å². The number of ether oxygens (including phenoxy) is 1. The van der Waals surface area contributed by atoms with Gasteiger partial charge in [-0.15, -0.1) is 11.3 Å². The minimum Gasteiger partial charge on any atom is -0.495 e. The summed E-state index contributed by atoms with van der Waals surface area (Å²) in [5.41, 5.74) is 0.792. The number of anilines is 1. The first kappa shape index (κ1) is 13.9. The van der Waals surface area contributed by atoms with Crippen molar-refractivity contribution in [2.75, 3.05) is 12.4 Å². The van der Waals surface area contributed by atoms with Crippen LogP contribution in [0.15, 0.2) is 22.8 Å². The fraction of sp³-hybridized carbons (Fsp3) is 0.182. The number of methoxy groups -OCH3 is 1. The highest BCUT2D eigenvalue weighted by Gasteiger charge is 2.11. The zero-order chi connectivity index (χ0) is 13.1. The molecule has 1 heterocycles. The molecule has 0 aliphatic carbocycles. The summed E-state index contributed by atoms with van der Waals surface area (Å²) in [5, 5.41) is 3.86. The number of nitrogens with zero attached hydrogens (tertiary/aromatic N) is 1. The Morgan fingerprint density at radius 2 is 2.22 bits per heavy atom. The molecule has 0 saturated heterocycles. The second-order valence-corrected chi connectivity index (χ2v) is 6.27. The average Bonchev–Trinajstić information content (AvgIpc) is 2.75. The van der Waals surface area contributed by atoms with Crippen molar-refractivity contribution in [1.82, 2.24) is 4.98 Å². The van der Waals surface area contributed by atoms with Crippen molar-refractivity contribution in [2.45, 2.75) is 6.54 Å². The second-order valence-electron chi connectivity index (χ2n) is 3.37. The molecular formula is C11H9BrCl2N2OS. The summed E-state index contributed by atoms with van der Waals surface area (Å²) in [6, 6.07) is 3.59. The molecule has 0 bridgehead atoms. The number of rotatable bonds is 4. The van der Waals surface area contributed by atoms with Crippen LogP contribution in [0, 0.1) is 0 Å². The van der Waals surface area contributed by atoms with Crippen LogP contribution in [0.4, 0.5) is 5.69 Å². The Balaban J connectivity index is 2.18. The van der Waals surface area contributed by atoms with Gasteiger partial charge in [0.1, 0.15) is 5.75 Å². The van der Waals surface area contributed by atoms with Gasteiger partial charge in [-0.2, -0.15) is 0 Å². The van der Waals surface area contributed by atoms with Gasteiger partial charge in [0.2, 0.25) is 0 Å². The van der Waals surface area contributed by atoms with Crippen molar-refractivity contribution >= 4 is 56.2 Å². The van der Waals surface area contributed by atoms with Crippen LogP contribution < -0.4 is 10.1 Å². The molecule has 2 rings (SSSR count). The van der Waals surface area contributed by atoms with Gasteiger partial charge in [-0.1, -0.05) is 23.2 Å². The Morgan fingerprint density at radius 1 is 1.44 bits per heavy atom. The number of aromatic nitrogens is 1. The smallest absolute Gasteiger partial charge is 0.183 e. The van der Waals surface area contributed by atoms with Crippen LogP contribution in [0.5, 0.6) is 5.75 Å². The Hall–Kier alpha value is -0.490. The summed E-state index contributed by atoms with van der Waals surface area (Å²) in [7, 11) is 1.61. The largest absolute Gasteiger partial charge is 0.495 e. The first-order chi connectivity index (χ1) is 8.61. The topological polar surface area (TPSA) is 34.1 Å². The molecule has 1 aromatic heterocycles. The molecule has 0 saturated carbocycles. The van der Waals surface area contributed by atoms with Crippen LogP contribution in [0.1, 0.15) is 4.88 Å². The lowest BCUT2D eigenvalue weighted by Gasteiger charge is -2.12. The predicted octanol–water partition coefficient (Wildman–Crippen LogP) is 4.83. The third-order valence-corrected chi connectivity index (χ3v) is 4.46. The van der Waals surface area contributed by atoms with Crippen molar-refractivity contribution in [3.63, 3.8) is 0 Å². The normalized spacial score (nSPS) is 10.4. The molecular weight excluding hydrogens is 359 g/mol. The molecule has 1 N–H and O–H groups in total. The SMILES string of the molecule is COc1ccc(Cl)c(NCc2cnc(Cl)s2)c1Br. The highest BCUT2D eigenvalue weighted by Crippen LogP contribution is 2.38. The highest BCUT2D eigenvalue weighted by molar-refractivity contribution is 9.10. The molecule has 2 aromatic rings. The fourth-order valence-electron chi connectivity index (χ4n) is 1.39. The van der Waals surface area contributed by atoms with Gasteiger partial charge in [-0.3, -0.25) is 0 Å². The fourth-order valence-corrected chi connectivity index (χ4v) is 3.30. The number of halogens is 3. The Kier molecular flexibility index (Phi) is 4.72. The van der Waals surface area contributed by atoms with Gasteiger partial charge in [-0.25, -0.2) is 4.98 Å². The van der Waals surface area contributed by atoms with Crippen molar-refractivity contribution in [2.24, 2.45) is 0 Å². The quantitative estimate of drug-likeness (QED) is 0.839. The highest BCUT2D eigenvalue weighted by atomic mass is 79.9. The van der Waals surface area contributed by atoms with Gasteiger partial charge < -0.3 is 10.1 Å². The van der Waals surface area contributed by atoms with Crippen LogP contribution >= 0.6 is 50.5 Å². The summed E-state index contributed by atoms with van der Waals surface area (Å²) >= 11 is 16.8. The molecule has 0 atom stereocenters. The van der Waals surface area contributed by atoms with Crippen LogP contribution in [0.25, 0.3) is 0 Å². The van der Waals surface area contributed by atoms with Crippen molar-refractivity contribution in [1.29, 1.82) is 0 Å². The van der Waals surface area contributed by atoms with E-state index in [0.29, 0.717) is 16.0 Å². The molecule has 0 aliphatic rings. The molecule has 18 heavy (non-hydrogen) atoms. The van der Waals surface area contributed by atoms with Gasteiger partial charge in [0.05, 0.1) is 28.8 Å². The first-order valence-corrected chi connectivity index (χ1v) is 7.34. The third kappa shape index (κ3) is 3.09.